The van der Waals surface area contributed by atoms with Crippen LogP contribution in [0.5, 0.6) is 0 Å². The fraction of sp³-hybridized carbons (Fsp3) is 0.727. The second kappa shape index (κ2) is 4.86. The molecule has 0 aromatic carbocycles. The number of aliphatic hydroxyl groups excluding tert-OH is 1. The molecule has 0 amide bonds. The molecule has 1 aromatic heterocycles. The van der Waals surface area contributed by atoms with E-state index >= 15 is 0 Å². The van der Waals surface area contributed by atoms with Crippen molar-refractivity contribution in [3.63, 3.8) is 0 Å². The molecule has 1 atom stereocenters. The van der Waals surface area contributed by atoms with Crippen LogP contribution in [0.25, 0.3) is 0 Å². The number of hydrogen-bond donors (Lipinski definition) is 3. The summed E-state index contributed by atoms with van der Waals surface area (Å²) in [6.45, 7) is 1.38. The molecule has 3 rings (SSSR count). The monoisotopic (exact) mass is 286 g/mol. The van der Waals surface area contributed by atoms with Crippen LogP contribution in [0.2, 0.25) is 0 Å². The number of nitrogens with zero attached hydrogens (tertiary/aromatic N) is 2. The van der Waals surface area contributed by atoms with Gasteiger partial charge < -0.3 is 5.11 Å². The molecule has 0 radical (unpaired) electrons. The van der Waals surface area contributed by atoms with Crippen molar-refractivity contribution in [2.75, 3.05) is 13.1 Å². The van der Waals surface area contributed by atoms with Gasteiger partial charge in [0.25, 0.3) is 10.0 Å². The highest BCUT2D eigenvalue weighted by Gasteiger charge is 2.36. The molecule has 2 aliphatic rings. The number of aromatic nitrogens is 2. The summed E-state index contributed by atoms with van der Waals surface area (Å²) in [6.07, 6.45) is 4.63. The van der Waals surface area contributed by atoms with Gasteiger partial charge in [-0.2, -0.15) is 5.10 Å². The van der Waals surface area contributed by atoms with Crippen LogP contribution in [0.3, 0.4) is 0 Å². The van der Waals surface area contributed by atoms with Gasteiger partial charge in [0.05, 0.1) is 12.8 Å². The van der Waals surface area contributed by atoms with Gasteiger partial charge in [-0.1, -0.05) is 0 Å². The highest BCUT2D eigenvalue weighted by Crippen LogP contribution is 2.30. The van der Waals surface area contributed by atoms with Gasteiger partial charge in [-0.3, -0.25) is 10.00 Å². The van der Waals surface area contributed by atoms with Crippen LogP contribution in [0.1, 0.15) is 24.8 Å². The quantitative estimate of drug-likeness (QED) is 0.672. The molecule has 1 saturated heterocycles. The Bertz CT molecular complexity index is 552. The molecular formula is C11H18N4O3S. The van der Waals surface area contributed by atoms with Gasteiger partial charge in [0, 0.05) is 30.7 Å². The average molecular weight is 286 g/mol. The third kappa shape index (κ3) is 2.66. The summed E-state index contributed by atoms with van der Waals surface area (Å²) < 4.78 is 27.1. The highest BCUT2D eigenvalue weighted by atomic mass is 32.2. The van der Waals surface area contributed by atoms with E-state index < -0.39 is 10.0 Å². The van der Waals surface area contributed by atoms with E-state index in [-0.39, 0.29) is 17.7 Å². The maximum atomic E-state index is 12.2. The van der Waals surface area contributed by atoms with E-state index in [4.69, 9.17) is 5.11 Å². The Hall–Kier alpha value is -0.960. The van der Waals surface area contributed by atoms with Crippen molar-refractivity contribution in [1.29, 1.82) is 0 Å². The number of hydrogen-bond acceptors (Lipinski definition) is 5. The summed E-state index contributed by atoms with van der Waals surface area (Å²) in [6, 6.07) is 0.607. The standard InChI is InChI=1S/C11H18N4O3S/c16-7-8-5-12-13-11(8)19(17,18)14-9-3-4-15(6-9)10-1-2-10/h5,9-10,14,16H,1-4,6-7H2,(H,12,13). The van der Waals surface area contributed by atoms with Crippen LogP contribution < -0.4 is 4.72 Å². The first-order valence-corrected chi connectivity index (χ1v) is 7.98. The topological polar surface area (TPSA) is 98.3 Å². The van der Waals surface area contributed by atoms with Gasteiger partial charge in [-0.25, -0.2) is 13.1 Å². The maximum Gasteiger partial charge on any atom is 0.258 e. The Labute approximate surface area is 112 Å². The third-order valence-corrected chi connectivity index (χ3v) is 5.26. The zero-order valence-corrected chi connectivity index (χ0v) is 11.4. The molecule has 7 nitrogen and oxygen atoms in total. The van der Waals surface area contributed by atoms with Crippen molar-refractivity contribution < 1.29 is 13.5 Å². The number of nitrogens with one attached hydrogen (secondary N) is 2. The van der Waals surface area contributed by atoms with E-state index in [2.05, 4.69) is 19.8 Å². The highest BCUT2D eigenvalue weighted by molar-refractivity contribution is 7.89. The summed E-state index contributed by atoms with van der Waals surface area (Å²) >= 11 is 0. The lowest BCUT2D eigenvalue weighted by Gasteiger charge is -2.15. The van der Waals surface area contributed by atoms with Crippen LogP contribution in [0.15, 0.2) is 11.2 Å². The normalized spacial score (nSPS) is 25.0. The molecule has 1 saturated carbocycles. The van der Waals surface area contributed by atoms with Gasteiger partial charge in [0.2, 0.25) is 0 Å². The minimum atomic E-state index is -3.63. The summed E-state index contributed by atoms with van der Waals surface area (Å²) in [5.74, 6) is 0. The van der Waals surface area contributed by atoms with Crippen molar-refractivity contribution in [2.24, 2.45) is 0 Å². The lowest BCUT2D eigenvalue weighted by Crippen LogP contribution is -2.38. The van der Waals surface area contributed by atoms with E-state index in [0.717, 1.165) is 19.5 Å². The van der Waals surface area contributed by atoms with Crippen molar-refractivity contribution >= 4 is 10.0 Å². The number of H-pyrrole nitrogens is 1. The molecule has 2 fully saturated rings. The van der Waals surface area contributed by atoms with Crippen molar-refractivity contribution in [3.05, 3.63) is 11.8 Å². The second-order valence-electron chi connectivity index (χ2n) is 5.22. The molecule has 0 bridgehead atoms. The zero-order valence-electron chi connectivity index (χ0n) is 10.5. The lowest BCUT2D eigenvalue weighted by atomic mass is 10.3. The van der Waals surface area contributed by atoms with E-state index in [9.17, 15) is 8.42 Å². The van der Waals surface area contributed by atoms with Crippen molar-refractivity contribution in [1.82, 2.24) is 19.8 Å². The van der Waals surface area contributed by atoms with Gasteiger partial charge in [0.15, 0.2) is 5.03 Å². The largest absolute Gasteiger partial charge is 0.392 e. The summed E-state index contributed by atoms with van der Waals surface area (Å²) in [5, 5.41) is 15.2. The molecular weight excluding hydrogens is 268 g/mol. The molecule has 19 heavy (non-hydrogen) atoms. The Morgan fingerprint density at radius 1 is 1.47 bits per heavy atom. The van der Waals surface area contributed by atoms with Gasteiger partial charge in [-0.05, 0) is 19.3 Å². The predicted molar refractivity (Wildman–Crippen MR) is 67.8 cm³/mol. The van der Waals surface area contributed by atoms with E-state index in [1.165, 1.54) is 19.0 Å². The molecule has 3 N–H and O–H groups in total. The SMILES string of the molecule is O=S(=O)(NC1CCN(C2CC2)C1)c1[nH]ncc1CO. The van der Waals surface area contributed by atoms with E-state index in [0.29, 0.717) is 11.6 Å². The Morgan fingerprint density at radius 3 is 2.95 bits per heavy atom. The molecule has 0 spiro atoms. The van der Waals surface area contributed by atoms with Gasteiger partial charge >= 0.3 is 0 Å². The van der Waals surface area contributed by atoms with E-state index in [1.54, 1.807) is 0 Å². The minimum absolute atomic E-state index is 0.0279. The van der Waals surface area contributed by atoms with Gasteiger partial charge in [-0.15, -0.1) is 0 Å². The molecule has 1 aromatic rings. The van der Waals surface area contributed by atoms with Gasteiger partial charge in [0.1, 0.15) is 0 Å². The minimum Gasteiger partial charge on any atom is -0.392 e. The Morgan fingerprint density at radius 2 is 2.26 bits per heavy atom. The molecule has 106 valence electrons. The second-order valence-corrected chi connectivity index (χ2v) is 6.87. The van der Waals surface area contributed by atoms with Crippen LogP contribution in [0, 0.1) is 0 Å². The lowest BCUT2D eigenvalue weighted by molar-refractivity contribution is 0.278. The van der Waals surface area contributed by atoms with Crippen LogP contribution >= 0.6 is 0 Å². The Balaban J connectivity index is 1.68. The number of aliphatic hydroxyl groups is 1. The van der Waals surface area contributed by atoms with Crippen LogP contribution in [-0.4, -0.2) is 53.8 Å². The molecule has 2 heterocycles. The maximum absolute atomic E-state index is 12.2. The first-order chi connectivity index (χ1) is 9.10. The molecule has 8 heteroatoms. The Kier molecular flexibility index (Phi) is 3.34. The molecule has 1 aliphatic carbocycles. The summed E-state index contributed by atoms with van der Waals surface area (Å²) in [5.41, 5.74) is 0.296. The third-order valence-electron chi connectivity index (χ3n) is 3.72. The molecule has 1 unspecified atom stereocenters. The average Bonchev–Trinajstić information content (AvgIpc) is 2.92. The number of aromatic amines is 1. The van der Waals surface area contributed by atoms with Crippen LogP contribution in [-0.2, 0) is 16.6 Å². The fourth-order valence-electron chi connectivity index (χ4n) is 2.58. The van der Waals surface area contributed by atoms with Crippen molar-refractivity contribution in [2.45, 2.75) is 43.0 Å². The number of likely N-dealkylation sites (tertiary alicyclic amines) is 1. The summed E-state index contributed by atoms with van der Waals surface area (Å²) in [4.78, 5) is 2.34. The first-order valence-electron chi connectivity index (χ1n) is 6.49. The predicted octanol–water partition coefficient (Wildman–Crippen LogP) is -0.583. The fourth-order valence-corrected chi connectivity index (χ4v) is 3.96. The van der Waals surface area contributed by atoms with Crippen LogP contribution in [0.4, 0.5) is 0 Å². The number of rotatable bonds is 5. The van der Waals surface area contributed by atoms with Crippen molar-refractivity contribution in [3.8, 4) is 0 Å². The smallest absolute Gasteiger partial charge is 0.258 e. The first kappa shape index (κ1) is 13.0. The van der Waals surface area contributed by atoms with E-state index in [1.807, 2.05) is 0 Å². The zero-order chi connectivity index (χ0) is 13.5. The molecule has 1 aliphatic heterocycles. The number of sulfonamides is 1. The summed E-state index contributed by atoms with van der Waals surface area (Å²) in [7, 11) is -3.63.